The average Bonchev–Trinajstić information content (AvgIpc) is 3.16. The summed E-state index contributed by atoms with van der Waals surface area (Å²) in [5.41, 5.74) is -0.241. The molecule has 32 heavy (non-hydrogen) atoms. The number of anilines is 1. The van der Waals surface area contributed by atoms with E-state index in [2.05, 4.69) is 9.88 Å². The van der Waals surface area contributed by atoms with Crippen LogP contribution in [0.4, 0.5) is 19.0 Å². The van der Waals surface area contributed by atoms with Gasteiger partial charge >= 0.3 is 18.1 Å². The van der Waals surface area contributed by atoms with Gasteiger partial charge in [-0.05, 0) is 31.3 Å². The first-order valence-electron chi connectivity index (χ1n) is 9.69. The van der Waals surface area contributed by atoms with Crippen LogP contribution in [0.15, 0.2) is 36.5 Å². The minimum Gasteiger partial charge on any atom is -0.478 e. The van der Waals surface area contributed by atoms with Crippen LogP contribution in [0.5, 0.6) is 0 Å². The zero-order valence-electron chi connectivity index (χ0n) is 16.9. The number of likely N-dealkylation sites (N-methyl/N-ethyl adjacent to an activating group) is 1. The van der Waals surface area contributed by atoms with Crippen molar-refractivity contribution in [2.75, 3.05) is 38.1 Å². The maximum Gasteiger partial charge on any atom is 0.416 e. The van der Waals surface area contributed by atoms with E-state index in [4.69, 9.17) is 5.11 Å². The molecule has 1 fully saturated rings. The number of benzene rings is 1. The van der Waals surface area contributed by atoms with Crippen molar-refractivity contribution in [3.05, 3.63) is 47.7 Å². The fourth-order valence-electron chi connectivity index (χ4n) is 3.79. The molecule has 0 amide bonds. The molecule has 0 spiro atoms. The Labute approximate surface area is 179 Å². The van der Waals surface area contributed by atoms with Crippen LogP contribution in [0.2, 0.25) is 0 Å². The Kier molecular flexibility index (Phi) is 5.29. The molecule has 8 nitrogen and oxygen atoms in total. The first-order chi connectivity index (χ1) is 15.0. The highest BCUT2D eigenvalue weighted by Crippen LogP contribution is 2.34. The molecule has 0 radical (unpaired) electrons. The molecule has 1 aromatic carbocycles. The highest BCUT2D eigenvalue weighted by Gasteiger charge is 2.31. The number of aromatic nitrogens is 2. The van der Waals surface area contributed by atoms with Gasteiger partial charge in [-0.2, -0.15) is 13.2 Å². The van der Waals surface area contributed by atoms with E-state index in [1.807, 2.05) is 11.9 Å². The summed E-state index contributed by atoms with van der Waals surface area (Å²) in [4.78, 5) is 31.3. The summed E-state index contributed by atoms with van der Waals surface area (Å²) in [6.07, 6.45) is -2.54. The van der Waals surface area contributed by atoms with Gasteiger partial charge in [-0.25, -0.2) is 14.6 Å². The number of hydrogen-bond acceptors (Lipinski definition) is 5. The largest absolute Gasteiger partial charge is 0.478 e. The zero-order chi connectivity index (χ0) is 23.2. The van der Waals surface area contributed by atoms with Gasteiger partial charge in [0.2, 0.25) is 0 Å². The summed E-state index contributed by atoms with van der Waals surface area (Å²) < 4.78 is 41.4. The third-order valence-corrected chi connectivity index (χ3v) is 5.45. The fraction of sp³-hybridized carbons (Fsp3) is 0.286. The van der Waals surface area contributed by atoms with Gasteiger partial charge in [0.1, 0.15) is 0 Å². The molecule has 2 aromatic heterocycles. The summed E-state index contributed by atoms with van der Waals surface area (Å²) >= 11 is 0. The number of carboxylic acid groups (broad SMARTS) is 2. The molecule has 1 aliphatic rings. The molecule has 3 heterocycles. The number of nitrogens with zero attached hydrogens (tertiary/aromatic N) is 4. The first-order valence-corrected chi connectivity index (χ1v) is 9.69. The van der Waals surface area contributed by atoms with Crippen LogP contribution in [0.1, 0.15) is 11.1 Å². The molecule has 0 aliphatic carbocycles. The number of piperazine rings is 1. The predicted octanol–water partition coefficient (Wildman–Crippen LogP) is 2.81. The van der Waals surface area contributed by atoms with Crippen molar-refractivity contribution in [1.82, 2.24) is 14.3 Å². The van der Waals surface area contributed by atoms with Crippen molar-refractivity contribution in [1.29, 1.82) is 0 Å². The lowest BCUT2D eigenvalue weighted by atomic mass is 10.1. The van der Waals surface area contributed by atoms with Gasteiger partial charge < -0.3 is 24.4 Å². The fourth-order valence-corrected chi connectivity index (χ4v) is 3.79. The molecule has 0 bridgehead atoms. The predicted molar refractivity (Wildman–Crippen MR) is 111 cm³/mol. The van der Waals surface area contributed by atoms with Crippen molar-refractivity contribution < 1.29 is 33.0 Å². The Bertz CT molecular complexity index is 1260. The number of alkyl halides is 3. The number of carbonyl (C=O) groups is 2. The number of hydrogen-bond donors (Lipinski definition) is 2. The van der Waals surface area contributed by atoms with Gasteiger partial charge in [0.05, 0.1) is 27.7 Å². The van der Waals surface area contributed by atoms with E-state index >= 15 is 0 Å². The lowest BCUT2D eigenvalue weighted by molar-refractivity contribution is -0.137. The molecular weight excluding hydrogens is 429 g/mol. The lowest BCUT2D eigenvalue weighted by Crippen LogP contribution is -2.45. The SMILES string of the molecule is CN1CCN(c2nc3cc(C(F)(F)F)ccc3n3cc(/C(=C\C(=O)O)C(=O)O)cc23)CC1. The third kappa shape index (κ3) is 3.98. The van der Waals surface area contributed by atoms with E-state index in [9.17, 15) is 27.9 Å². The topological polar surface area (TPSA) is 98.4 Å². The summed E-state index contributed by atoms with van der Waals surface area (Å²) in [6, 6.07) is 4.67. The molecule has 0 unspecified atom stereocenters. The molecule has 168 valence electrons. The average molecular weight is 448 g/mol. The standard InChI is InChI=1S/C21H19F3N4O4/c1-26-4-6-27(7-5-26)19-17-8-12(14(20(31)32)10-18(29)30)11-28(17)16-3-2-13(21(22,23)24)9-15(16)25-19/h2-3,8-11H,4-7H2,1H3,(H,29,30)(H,31,32)/b14-10+. The number of halogens is 3. The molecule has 2 N–H and O–H groups in total. The maximum atomic E-state index is 13.3. The van der Waals surface area contributed by atoms with E-state index in [1.54, 1.807) is 4.40 Å². The number of aliphatic carboxylic acids is 2. The van der Waals surface area contributed by atoms with Crippen LogP contribution in [-0.4, -0.2) is 69.7 Å². The minimum absolute atomic E-state index is 0.0995. The van der Waals surface area contributed by atoms with Gasteiger partial charge in [-0.3, -0.25) is 0 Å². The first kappa shape index (κ1) is 21.6. The smallest absolute Gasteiger partial charge is 0.416 e. The van der Waals surface area contributed by atoms with Crippen molar-refractivity contribution in [3.63, 3.8) is 0 Å². The van der Waals surface area contributed by atoms with Crippen LogP contribution < -0.4 is 4.90 Å². The Balaban J connectivity index is 1.98. The zero-order valence-corrected chi connectivity index (χ0v) is 16.9. The maximum absolute atomic E-state index is 13.3. The van der Waals surface area contributed by atoms with Crippen LogP contribution in [-0.2, 0) is 15.8 Å². The summed E-state index contributed by atoms with van der Waals surface area (Å²) in [6.45, 7) is 2.62. The van der Waals surface area contributed by atoms with Gasteiger partial charge in [0.15, 0.2) is 5.82 Å². The van der Waals surface area contributed by atoms with Crippen molar-refractivity contribution in [3.8, 4) is 0 Å². The van der Waals surface area contributed by atoms with Gasteiger partial charge in [-0.15, -0.1) is 0 Å². The summed E-state index contributed by atoms with van der Waals surface area (Å²) in [5.74, 6) is -2.44. The summed E-state index contributed by atoms with van der Waals surface area (Å²) in [5, 5.41) is 18.5. The van der Waals surface area contributed by atoms with Crippen LogP contribution in [0.25, 0.3) is 22.1 Å². The molecule has 4 rings (SSSR count). The number of rotatable bonds is 4. The molecule has 0 atom stereocenters. The molecule has 1 aliphatic heterocycles. The Hall–Kier alpha value is -3.60. The van der Waals surface area contributed by atoms with Crippen molar-refractivity contribution in [2.45, 2.75) is 6.18 Å². The Morgan fingerprint density at radius 3 is 2.34 bits per heavy atom. The quantitative estimate of drug-likeness (QED) is 0.593. The Morgan fingerprint density at radius 1 is 1.06 bits per heavy atom. The summed E-state index contributed by atoms with van der Waals surface area (Å²) in [7, 11) is 1.96. The van der Waals surface area contributed by atoms with E-state index in [1.165, 1.54) is 18.3 Å². The van der Waals surface area contributed by atoms with Crippen LogP contribution >= 0.6 is 0 Å². The second kappa shape index (κ2) is 7.83. The van der Waals surface area contributed by atoms with Crippen LogP contribution in [0, 0.1) is 0 Å². The van der Waals surface area contributed by atoms with E-state index < -0.39 is 29.3 Å². The van der Waals surface area contributed by atoms with Crippen molar-refractivity contribution >= 4 is 39.9 Å². The molecule has 3 aromatic rings. The van der Waals surface area contributed by atoms with Gasteiger partial charge in [-0.1, -0.05) is 0 Å². The second-order valence-corrected chi connectivity index (χ2v) is 7.61. The van der Waals surface area contributed by atoms with Gasteiger partial charge in [0, 0.05) is 44.0 Å². The number of carboxylic acids is 2. The number of fused-ring (bicyclic) bond motifs is 3. The second-order valence-electron chi connectivity index (χ2n) is 7.61. The highest BCUT2D eigenvalue weighted by atomic mass is 19.4. The van der Waals surface area contributed by atoms with E-state index in [-0.39, 0.29) is 11.1 Å². The molecule has 11 heteroatoms. The lowest BCUT2D eigenvalue weighted by Gasteiger charge is -2.33. The molecule has 1 saturated heterocycles. The Morgan fingerprint density at radius 2 is 1.75 bits per heavy atom. The molecule has 0 saturated carbocycles. The normalized spacial score (nSPS) is 16.1. The highest BCUT2D eigenvalue weighted by molar-refractivity contribution is 6.19. The molecular formula is C21H19F3N4O4. The van der Waals surface area contributed by atoms with E-state index in [0.717, 1.165) is 25.2 Å². The third-order valence-electron chi connectivity index (χ3n) is 5.45. The van der Waals surface area contributed by atoms with Crippen molar-refractivity contribution in [2.24, 2.45) is 0 Å². The van der Waals surface area contributed by atoms with E-state index in [0.29, 0.717) is 36.0 Å². The minimum atomic E-state index is -4.54. The monoisotopic (exact) mass is 448 g/mol. The van der Waals surface area contributed by atoms with Crippen LogP contribution in [0.3, 0.4) is 0 Å². The van der Waals surface area contributed by atoms with Gasteiger partial charge in [0.25, 0.3) is 0 Å².